The summed E-state index contributed by atoms with van der Waals surface area (Å²) >= 11 is 0. The molecule has 22 heavy (non-hydrogen) atoms. The second kappa shape index (κ2) is 5.02. The normalized spacial score (nSPS) is 23.9. The van der Waals surface area contributed by atoms with Crippen LogP contribution in [0, 0.1) is 11.8 Å². The number of nitrogens with zero attached hydrogens (tertiary/aromatic N) is 2. The van der Waals surface area contributed by atoms with Crippen LogP contribution in [0.5, 0.6) is 0 Å². The quantitative estimate of drug-likeness (QED) is 0.852. The average Bonchev–Trinajstić information content (AvgIpc) is 3.25. The number of furan rings is 1. The molecule has 1 aromatic carbocycles. The second-order valence-electron chi connectivity index (χ2n) is 5.84. The van der Waals surface area contributed by atoms with Crippen LogP contribution in [0.1, 0.15) is 10.6 Å². The maximum absolute atomic E-state index is 12.6. The molecule has 4 rings (SSSR count). The summed E-state index contributed by atoms with van der Waals surface area (Å²) in [5, 5.41) is 0. The third-order valence-corrected chi connectivity index (χ3v) is 4.53. The molecule has 2 aliphatic rings. The minimum Gasteiger partial charge on any atom is -0.459 e. The number of hydrogen-bond acceptors (Lipinski definition) is 3. The van der Waals surface area contributed by atoms with E-state index in [4.69, 9.17) is 4.42 Å². The summed E-state index contributed by atoms with van der Waals surface area (Å²) in [7, 11) is 0. The number of fused-ring (bicyclic) bond motifs is 1. The van der Waals surface area contributed by atoms with E-state index in [2.05, 4.69) is 0 Å². The predicted octanol–water partition coefficient (Wildman–Crippen LogP) is 2.01. The standard InChI is InChI=1S/C17H16N2O3/c20-16-14-11-18(17(21)15-7-4-8-22-15)9-12(14)10-19(16)13-5-2-1-3-6-13/h1-8,12,14H,9-11H2. The van der Waals surface area contributed by atoms with Crippen LogP contribution in [0.4, 0.5) is 5.69 Å². The SMILES string of the molecule is O=C(c1ccco1)N1CC2CN(c3ccccc3)C(=O)C2C1. The lowest BCUT2D eigenvalue weighted by molar-refractivity contribution is -0.120. The molecule has 2 fully saturated rings. The highest BCUT2D eigenvalue weighted by Crippen LogP contribution is 2.35. The third kappa shape index (κ3) is 2.01. The van der Waals surface area contributed by atoms with Crippen molar-refractivity contribution < 1.29 is 14.0 Å². The Morgan fingerprint density at radius 3 is 2.55 bits per heavy atom. The first-order chi connectivity index (χ1) is 10.7. The number of benzene rings is 1. The largest absolute Gasteiger partial charge is 0.459 e. The lowest BCUT2D eigenvalue weighted by Gasteiger charge is -2.21. The van der Waals surface area contributed by atoms with Crippen molar-refractivity contribution in [1.29, 1.82) is 0 Å². The Morgan fingerprint density at radius 1 is 1.05 bits per heavy atom. The molecule has 2 saturated heterocycles. The molecule has 5 heteroatoms. The van der Waals surface area contributed by atoms with Crippen molar-refractivity contribution in [1.82, 2.24) is 4.90 Å². The van der Waals surface area contributed by atoms with Crippen molar-refractivity contribution in [3.8, 4) is 0 Å². The van der Waals surface area contributed by atoms with Crippen LogP contribution in [-0.4, -0.2) is 36.3 Å². The van der Waals surface area contributed by atoms with Crippen LogP contribution in [0.3, 0.4) is 0 Å². The molecule has 112 valence electrons. The summed E-state index contributed by atoms with van der Waals surface area (Å²) in [6.45, 7) is 1.76. The number of anilines is 1. The second-order valence-corrected chi connectivity index (χ2v) is 5.84. The summed E-state index contributed by atoms with van der Waals surface area (Å²) in [5.41, 5.74) is 0.936. The minimum atomic E-state index is -0.126. The van der Waals surface area contributed by atoms with E-state index in [1.54, 1.807) is 17.0 Å². The summed E-state index contributed by atoms with van der Waals surface area (Å²) in [6.07, 6.45) is 1.49. The van der Waals surface area contributed by atoms with Crippen LogP contribution in [0.2, 0.25) is 0 Å². The molecule has 0 spiro atoms. The molecule has 0 bridgehead atoms. The zero-order valence-corrected chi connectivity index (χ0v) is 12.0. The van der Waals surface area contributed by atoms with Gasteiger partial charge in [0.15, 0.2) is 5.76 Å². The lowest BCUT2D eigenvalue weighted by Crippen LogP contribution is -2.35. The molecule has 2 atom stereocenters. The Kier molecular flexibility index (Phi) is 2.99. The third-order valence-electron chi connectivity index (χ3n) is 4.53. The first kappa shape index (κ1) is 13.1. The molecule has 0 saturated carbocycles. The highest BCUT2D eigenvalue weighted by atomic mass is 16.3. The van der Waals surface area contributed by atoms with E-state index >= 15 is 0 Å². The van der Waals surface area contributed by atoms with Gasteiger partial charge in [-0.05, 0) is 24.3 Å². The van der Waals surface area contributed by atoms with Gasteiger partial charge >= 0.3 is 0 Å². The van der Waals surface area contributed by atoms with Crippen molar-refractivity contribution >= 4 is 17.5 Å². The van der Waals surface area contributed by atoms with Crippen molar-refractivity contribution in [3.63, 3.8) is 0 Å². The number of carbonyl (C=O) groups is 2. The molecule has 1 aromatic heterocycles. The van der Waals surface area contributed by atoms with Gasteiger partial charge in [-0.1, -0.05) is 18.2 Å². The first-order valence-electron chi connectivity index (χ1n) is 7.43. The molecule has 2 amide bonds. The Labute approximate surface area is 128 Å². The average molecular weight is 296 g/mol. The van der Waals surface area contributed by atoms with Gasteiger partial charge in [-0.15, -0.1) is 0 Å². The molecular formula is C17H16N2O3. The monoisotopic (exact) mass is 296 g/mol. The van der Waals surface area contributed by atoms with Crippen LogP contribution in [-0.2, 0) is 4.79 Å². The van der Waals surface area contributed by atoms with Gasteiger partial charge in [0, 0.05) is 31.2 Å². The van der Waals surface area contributed by atoms with Crippen molar-refractivity contribution in [2.24, 2.45) is 11.8 Å². The predicted molar refractivity (Wildman–Crippen MR) is 80.4 cm³/mol. The van der Waals surface area contributed by atoms with Crippen LogP contribution >= 0.6 is 0 Å². The van der Waals surface area contributed by atoms with Crippen molar-refractivity contribution in [3.05, 3.63) is 54.5 Å². The van der Waals surface area contributed by atoms with Crippen LogP contribution < -0.4 is 4.90 Å². The zero-order valence-electron chi connectivity index (χ0n) is 12.0. The molecular weight excluding hydrogens is 280 g/mol. The number of hydrogen-bond donors (Lipinski definition) is 0. The molecule has 2 aromatic rings. The highest BCUT2D eigenvalue weighted by Gasteiger charge is 2.48. The summed E-state index contributed by atoms with van der Waals surface area (Å²) in [5.74, 6) is 0.433. The van der Waals surface area contributed by atoms with E-state index in [1.165, 1.54) is 6.26 Å². The van der Waals surface area contributed by atoms with E-state index in [0.29, 0.717) is 25.4 Å². The maximum Gasteiger partial charge on any atom is 0.289 e. The Morgan fingerprint density at radius 2 is 1.86 bits per heavy atom. The van der Waals surface area contributed by atoms with Crippen LogP contribution in [0.25, 0.3) is 0 Å². The lowest BCUT2D eigenvalue weighted by atomic mass is 10.0. The molecule has 2 unspecified atom stereocenters. The van der Waals surface area contributed by atoms with Crippen molar-refractivity contribution in [2.75, 3.05) is 24.5 Å². The summed E-state index contributed by atoms with van der Waals surface area (Å²) in [4.78, 5) is 28.5. The van der Waals surface area contributed by atoms with E-state index in [1.807, 2.05) is 35.2 Å². The van der Waals surface area contributed by atoms with Gasteiger partial charge in [0.1, 0.15) is 0 Å². The fraction of sp³-hybridized carbons (Fsp3) is 0.294. The molecule has 3 heterocycles. The maximum atomic E-state index is 12.6. The Balaban J connectivity index is 1.50. The number of rotatable bonds is 2. The Hall–Kier alpha value is -2.56. The zero-order chi connectivity index (χ0) is 15.1. The molecule has 0 radical (unpaired) electrons. The van der Waals surface area contributed by atoms with Gasteiger partial charge in [-0.3, -0.25) is 9.59 Å². The number of para-hydroxylation sites is 1. The molecule has 0 aliphatic carbocycles. The van der Waals surface area contributed by atoms with Crippen molar-refractivity contribution in [2.45, 2.75) is 0 Å². The van der Waals surface area contributed by atoms with Gasteiger partial charge in [-0.25, -0.2) is 0 Å². The van der Waals surface area contributed by atoms with Gasteiger partial charge in [0.05, 0.1) is 12.2 Å². The first-order valence-corrected chi connectivity index (χ1v) is 7.43. The minimum absolute atomic E-state index is 0.0980. The smallest absolute Gasteiger partial charge is 0.289 e. The fourth-order valence-corrected chi connectivity index (χ4v) is 3.42. The van der Waals surface area contributed by atoms with Gasteiger partial charge in [0.25, 0.3) is 5.91 Å². The topological polar surface area (TPSA) is 53.8 Å². The fourth-order valence-electron chi connectivity index (χ4n) is 3.42. The summed E-state index contributed by atoms with van der Waals surface area (Å²) in [6, 6.07) is 13.1. The summed E-state index contributed by atoms with van der Waals surface area (Å²) < 4.78 is 5.16. The van der Waals surface area contributed by atoms with E-state index in [-0.39, 0.29) is 23.7 Å². The molecule has 5 nitrogen and oxygen atoms in total. The van der Waals surface area contributed by atoms with E-state index in [0.717, 1.165) is 5.69 Å². The number of carbonyl (C=O) groups excluding carboxylic acids is 2. The number of likely N-dealkylation sites (tertiary alicyclic amines) is 1. The molecule has 2 aliphatic heterocycles. The Bertz CT molecular complexity index is 696. The van der Waals surface area contributed by atoms with Gasteiger partial charge in [-0.2, -0.15) is 0 Å². The van der Waals surface area contributed by atoms with E-state index in [9.17, 15) is 9.59 Å². The van der Waals surface area contributed by atoms with E-state index < -0.39 is 0 Å². The number of amides is 2. The highest BCUT2D eigenvalue weighted by molar-refractivity contribution is 5.99. The van der Waals surface area contributed by atoms with Gasteiger partial charge < -0.3 is 14.2 Å². The molecule has 0 N–H and O–H groups in total. The van der Waals surface area contributed by atoms with Gasteiger partial charge in [0.2, 0.25) is 5.91 Å². The van der Waals surface area contributed by atoms with Crippen LogP contribution in [0.15, 0.2) is 53.1 Å².